The third-order valence-corrected chi connectivity index (χ3v) is 11.3. The van der Waals surface area contributed by atoms with Crippen LogP contribution in [0.25, 0.3) is 81.4 Å². The van der Waals surface area contributed by atoms with Gasteiger partial charge in [0, 0.05) is 43.4 Å². The predicted molar refractivity (Wildman–Crippen MR) is 214 cm³/mol. The molecule has 0 unspecified atom stereocenters. The van der Waals surface area contributed by atoms with Crippen LogP contribution in [0.15, 0.2) is 170 Å². The molecule has 3 aromatic heterocycles. The standard InChI is InChI=1S/C46H28N4S/c1-2-13-29(14-3-1)43-45-44(36-21-8-11-24-41(36)51-45)48-46(47-43)33-18-12-19-34(25-33)49-39-23-10-7-20-35(39)37-26-30-15-4-5-16-31(30)27-40(37)50-38-22-9-6-17-32(38)28-42(49)50/h1-28H. The van der Waals surface area contributed by atoms with E-state index in [4.69, 9.17) is 9.97 Å². The van der Waals surface area contributed by atoms with Crippen LogP contribution in [-0.2, 0) is 0 Å². The van der Waals surface area contributed by atoms with E-state index in [1.54, 1.807) is 11.3 Å². The molecule has 0 saturated carbocycles. The number of rotatable bonds is 3. The number of aromatic nitrogens is 3. The molecule has 4 nitrogen and oxygen atoms in total. The highest BCUT2D eigenvalue weighted by atomic mass is 32.1. The normalized spacial score (nSPS) is 12.3. The van der Waals surface area contributed by atoms with Crippen molar-refractivity contribution in [2.24, 2.45) is 0 Å². The van der Waals surface area contributed by atoms with Crippen LogP contribution >= 0.6 is 11.3 Å². The van der Waals surface area contributed by atoms with Gasteiger partial charge in [-0.3, -0.25) is 9.47 Å². The maximum atomic E-state index is 5.30. The SMILES string of the molecule is c1ccc(-c2nc(-c3cccc(N4c5ccccc5-c5cc6ccccc6cc5-n5c4cc4ccccc45)c3)nc3c2sc2ccccc23)cc1. The first-order valence-electron chi connectivity index (χ1n) is 17.2. The number of benzene rings is 7. The van der Waals surface area contributed by atoms with Crippen molar-refractivity contribution in [2.75, 3.05) is 4.90 Å². The summed E-state index contributed by atoms with van der Waals surface area (Å²) in [4.78, 5) is 13.0. The quantitative estimate of drug-likeness (QED) is 0.188. The number of hydrogen-bond acceptors (Lipinski definition) is 4. The van der Waals surface area contributed by atoms with Gasteiger partial charge in [0.15, 0.2) is 5.82 Å². The van der Waals surface area contributed by atoms with E-state index in [0.717, 1.165) is 49.6 Å². The summed E-state index contributed by atoms with van der Waals surface area (Å²) in [6.07, 6.45) is 0. The van der Waals surface area contributed by atoms with E-state index in [9.17, 15) is 0 Å². The van der Waals surface area contributed by atoms with Crippen LogP contribution in [0, 0.1) is 0 Å². The molecule has 238 valence electrons. The third kappa shape index (κ3) is 4.32. The first kappa shape index (κ1) is 28.3. The van der Waals surface area contributed by atoms with Crippen molar-refractivity contribution in [3.05, 3.63) is 170 Å². The summed E-state index contributed by atoms with van der Waals surface area (Å²) in [5.41, 5.74) is 10.9. The molecule has 0 spiro atoms. The molecule has 7 aromatic carbocycles. The minimum atomic E-state index is 0.713. The molecule has 51 heavy (non-hydrogen) atoms. The monoisotopic (exact) mass is 668 g/mol. The Balaban J connectivity index is 1.17. The molecule has 5 heteroatoms. The van der Waals surface area contributed by atoms with Crippen molar-refractivity contribution >= 4 is 70.5 Å². The number of para-hydroxylation sites is 2. The van der Waals surface area contributed by atoms with Gasteiger partial charge in [0.05, 0.1) is 32.8 Å². The zero-order chi connectivity index (χ0) is 33.5. The lowest BCUT2D eigenvalue weighted by atomic mass is 9.97. The van der Waals surface area contributed by atoms with Crippen molar-refractivity contribution in [1.29, 1.82) is 0 Å². The van der Waals surface area contributed by atoms with E-state index < -0.39 is 0 Å². The van der Waals surface area contributed by atoms with Gasteiger partial charge in [0.25, 0.3) is 0 Å². The van der Waals surface area contributed by atoms with E-state index in [1.165, 1.54) is 43.2 Å². The number of thiophene rings is 1. The maximum absolute atomic E-state index is 5.30. The maximum Gasteiger partial charge on any atom is 0.160 e. The van der Waals surface area contributed by atoms with Crippen molar-refractivity contribution < 1.29 is 0 Å². The van der Waals surface area contributed by atoms with E-state index in [1.807, 2.05) is 0 Å². The van der Waals surface area contributed by atoms with E-state index in [2.05, 4.69) is 179 Å². The molecular formula is C46H28N4S. The lowest BCUT2D eigenvalue weighted by Crippen LogP contribution is -2.13. The highest BCUT2D eigenvalue weighted by Crippen LogP contribution is 2.50. The van der Waals surface area contributed by atoms with Gasteiger partial charge < -0.3 is 0 Å². The summed E-state index contributed by atoms with van der Waals surface area (Å²) in [5, 5.41) is 4.79. The first-order valence-corrected chi connectivity index (χ1v) is 18.0. The van der Waals surface area contributed by atoms with Crippen LogP contribution in [0.2, 0.25) is 0 Å². The second kappa shape index (κ2) is 11.0. The molecule has 4 heterocycles. The fourth-order valence-electron chi connectivity index (χ4n) is 7.77. The molecule has 11 rings (SSSR count). The Labute approximate surface area is 298 Å². The van der Waals surface area contributed by atoms with Crippen LogP contribution < -0.4 is 4.90 Å². The molecular weight excluding hydrogens is 641 g/mol. The Hall–Kier alpha value is -6.56. The summed E-state index contributed by atoms with van der Waals surface area (Å²) < 4.78 is 4.75. The fraction of sp³-hybridized carbons (Fsp3) is 0. The number of nitrogens with zero attached hydrogens (tertiary/aromatic N) is 4. The zero-order valence-corrected chi connectivity index (χ0v) is 28.2. The number of hydrogen-bond donors (Lipinski definition) is 0. The average Bonchev–Trinajstić information content (AvgIpc) is 3.73. The number of fused-ring (bicyclic) bond motifs is 11. The summed E-state index contributed by atoms with van der Waals surface area (Å²) in [6.45, 7) is 0. The highest BCUT2D eigenvalue weighted by molar-refractivity contribution is 7.26. The summed E-state index contributed by atoms with van der Waals surface area (Å²) in [5.74, 6) is 1.80. The summed E-state index contributed by atoms with van der Waals surface area (Å²) in [7, 11) is 0. The molecule has 0 aliphatic carbocycles. The topological polar surface area (TPSA) is 34.0 Å². The predicted octanol–water partition coefficient (Wildman–Crippen LogP) is 12.7. The zero-order valence-electron chi connectivity index (χ0n) is 27.4. The lowest BCUT2D eigenvalue weighted by Gasteiger charge is -2.26. The second-order valence-corrected chi connectivity index (χ2v) is 14.1. The Morgan fingerprint density at radius 3 is 2.12 bits per heavy atom. The van der Waals surface area contributed by atoms with Crippen molar-refractivity contribution in [3.63, 3.8) is 0 Å². The molecule has 0 N–H and O–H groups in total. The second-order valence-electron chi connectivity index (χ2n) is 13.1. The summed E-state index contributed by atoms with van der Waals surface area (Å²) in [6, 6.07) is 60.8. The molecule has 0 fully saturated rings. The van der Waals surface area contributed by atoms with Crippen LogP contribution in [0.3, 0.4) is 0 Å². The minimum absolute atomic E-state index is 0.713. The molecule has 1 aliphatic heterocycles. The van der Waals surface area contributed by atoms with E-state index in [0.29, 0.717) is 5.82 Å². The van der Waals surface area contributed by atoms with Gasteiger partial charge >= 0.3 is 0 Å². The Kier molecular flexibility index (Phi) is 6.09. The molecule has 10 aromatic rings. The first-order chi connectivity index (χ1) is 25.3. The van der Waals surface area contributed by atoms with Gasteiger partial charge in [-0.05, 0) is 59.3 Å². The Bertz CT molecular complexity index is 2990. The molecule has 0 bridgehead atoms. The van der Waals surface area contributed by atoms with Crippen LogP contribution in [-0.4, -0.2) is 14.5 Å². The van der Waals surface area contributed by atoms with Gasteiger partial charge in [-0.25, -0.2) is 9.97 Å². The average molecular weight is 669 g/mol. The van der Waals surface area contributed by atoms with Gasteiger partial charge in [-0.15, -0.1) is 11.3 Å². The fourth-order valence-corrected chi connectivity index (χ4v) is 8.93. The van der Waals surface area contributed by atoms with Crippen LogP contribution in [0.5, 0.6) is 0 Å². The van der Waals surface area contributed by atoms with Crippen LogP contribution in [0.1, 0.15) is 0 Å². The van der Waals surface area contributed by atoms with Gasteiger partial charge in [-0.2, -0.15) is 0 Å². The molecule has 0 amide bonds. The van der Waals surface area contributed by atoms with Crippen molar-refractivity contribution in [3.8, 4) is 39.5 Å². The van der Waals surface area contributed by atoms with Gasteiger partial charge in [0.2, 0.25) is 0 Å². The van der Waals surface area contributed by atoms with E-state index in [-0.39, 0.29) is 0 Å². The molecule has 0 radical (unpaired) electrons. The molecule has 0 saturated heterocycles. The molecule has 1 aliphatic rings. The van der Waals surface area contributed by atoms with E-state index >= 15 is 0 Å². The van der Waals surface area contributed by atoms with Crippen molar-refractivity contribution in [2.45, 2.75) is 0 Å². The van der Waals surface area contributed by atoms with Crippen LogP contribution in [0.4, 0.5) is 17.2 Å². The van der Waals surface area contributed by atoms with Gasteiger partial charge in [-0.1, -0.05) is 121 Å². The third-order valence-electron chi connectivity index (χ3n) is 10.1. The Morgan fingerprint density at radius 2 is 1.22 bits per heavy atom. The minimum Gasteiger partial charge on any atom is -0.295 e. The largest absolute Gasteiger partial charge is 0.295 e. The Morgan fingerprint density at radius 1 is 0.490 bits per heavy atom. The number of anilines is 3. The molecule has 0 atom stereocenters. The van der Waals surface area contributed by atoms with Crippen molar-refractivity contribution in [1.82, 2.24) is 14.5 Å². The lowest BCUT2D eigenvalue weighted by molar-refractivity contribution is 1.09. The summed E-state index contributed by atoms with van der Waals surface area (Å²) >= 11 is 1.76. The van der Waals surface area contributed by atoms with Gasteiger partial charge in [0.1, 0.15) is 5.82 Å². The highest BCUT2D eigenvalue weighted by Gasteiger charge is 2.28. The smallest absolute Gasteiger partial charge is 0.160 e.